The molecule has 3 unspecified atom stereocenters. The summed E-state index contributed by atoms with van der Waals surface area (Å²) >= 11 is 0. The number of hydrogen-bond donors (Lipinski definition) is 0. The van der Waals surface area contributed by atoms with Gasteiger partial charge in [-0.15, -0.1) is 0 Å². The van der Waals surface area contributed by atoms with Crippen molar-refractivity contribution < 1.29 is 0 Å². The molecule has 0 bridgehead atoms. The normalized spacial score (nSPS) is 34.8. The molecule has 1 heteroatoms. The van der Waals surface area contributed by atoms with E-state index in [0.29, 0.717) is 5.92 Å². The molecule has 1 fully saturated rings. The SMILES string of the molecule is CC1(CC#N)CCCC2c3ccccc3CC21. The summed E-state index contributed by atoms with van der Waals surface area (Å²) in [6.45, 7) is 2.33. The van der Waals surface area contributed by atoms with Crippen molar-refractivity contribution in [2.45, 2.75) is 44.9 Å². The van der Waals surface area contributed by atoms with Crippen LogP contribution in [0.1, 0.15) is 49.7 Å². The Morgan fingerprint density at radius 1 is 1.41 bits per heavy atom. The average molecular weight is 225 g/mol. The van der Waals surface area contributed by atoms with Gasteiger partial charge in [0.1, 0.15) is 0 Å². The lowest BCUT2D eigenvalue weighted by Gasteiger charge is -2.42. The summed E-state index contributed by atoms with van der Waals surface area (Å²) < 4.78 is 0. The quantitative estimate of drug-likeness (QED) is 0.707. The third-order valence-electron chi connectivity index (χ3n) is 5.02. The van der Waals surface area contributed by atoms with E-state index >= 15 is 0 Å². The number of nitrogens with zero attached hydrogens (tertiary/aromatic N) is 1. The maximum atomic E-state index is 9.07. The number of nitriles is 1. The van der Waals surface area contributed by atoms with Gasteiger partial charge in [-0.1, -0.05) is 37.6 Å². The van der Waals surface area contributed by atoms with Gasteiger partial charge in [0.25, 0.3) is 0 Å². The average Bonchev–Trinajstić information content (AvgIpc) is 2.70. The van der Waals surface area contributed by atoms with Gasteiger partial charge in [-0.25, -0.2) is 0 Å². The minimum atomic E-state index is 0.247. The fourth-order valence-electron chi connectivity index (χ4n) is 4.08. The zero-order valence-electron chi connectivity index (χ0n) is 10.4. The lowest BCUT2D eigenvalue weighted by molar-refractivity contribution is 0.109. The highest BCUT2D eigenvalue weighted by molar-refractivity contribution is 5.37. The van der Waals surface area contributed by atoms with E-state index in [1.54, 1.807) is 5.56 Å². The minimum Gasteiger partial charge on any atom is -0.198 e. The van der Waals surface area contributed by atoms with E-state index in [2.05, 4.69) is 37.3 Å². The van der Waals surface area contributed by atoms with Gasteiger partial charge in [-0.05, 0) is 47.6 Å². The van der Waals surface area contributed by atoms with Crippen LogP contribution in [-0.2, 0) is 6.42 Å². The summed E-state index contributed by atoms with van der Waals surface area (Å²) in [4.78, 5) is 0. The van der Waals surface area contributed by atoms with E-state index in [9.17, 15) is 0 Å². The molecule has 1 saturated carbocycles. The van der Waals surface area contributed by atoms with Gasteiger partial charge in [0.15, 0.2) is 0 Å². The molecule has 3 rings (SSSR count). The molecule has 2 aliphatic rings. The highest BCUT2D eigenvalue weighted by Gasteiger charge is 2.46. The largest absolute Gasteiger partial charge is 0.198 e. The number of hydrogen-bond acceptors (Lipinski definition) is 1. The van der Waals surface area contributed by atoms with Gasteiger partial charge < -0.3 is 0 Å². The molecule has 0 aromatic heterocycles. The molecule has 88 valence electrons. The highest BCUT2D eigenvalue weighted by atomic mass is 14.5. The third kappa shape index (κ3) is 1.59. The van der Waals surface area contributed by atoms with E-state index in [-0.39, 0.29) is 5.41 Å². The van der Waals surface area contributed by atoms with Gasteiger partial charge in [0.05, 0.1) is 6.07 Å². The molecule has 0 radical (unpaired) electrons. The first-order valence-corrected chi connectivity index (χ1v) is 6.69. The second-order valence-electron chi connectivity index (χ2n) is 6.00. The summed E-state index contributed by atoms with van der Waals surface area (Å²) in [7, 11) is 0. The van der Waals surface area contributed by atoms with E-state index in [4.69, 9.17) is 5.26 Å². The molecule has 0 amide bonds. The molecule has 2 aliphatic carbocycles. The van der Waals surface area contributed by atoms with Gasteiger partial charge in [0.2, 0.25) is 0 Å². The molecule has 1 aromatic carbocycles. The highest BCUT2D eigenvalue weighted by Crippen LogP contribution is 2.55. The Morgan fingerprint density at radius 3 is 3.06 bits per heavy atom. The second kappa shape index (κ2) is 3.88. The Bertz CT molecular complexity index is 471. The van der Waals surface area contributed by atoms with Crippen molar-refractivity contribution in [1.29, 1.82) is 5.26 Å². The van der Waals surface area contributed by atoms with Crippen LogP contribution in [0.15, 0.2) is 24.3 Å². The van der Waals surface area contributed by atoms with Gasteiger partial charge >= 0.3 is 0 Å². The van der Waals surface area contributed by atoms with E-state index in [1.807, 2.05) is 0 Å². The van der Waals surface area contributed by atoms with Crippen LogP contribution in [0.5, 0.6) is 0 Å². The second-order valence-corrected chi connectivity index (χ2v) is 6.00. The van der Waals surface area contributed by atoms with Crippen LogP contribution in [0.25, 0.3) is 0 Å². The monoisotopic (exact) mass is 225 g/mol. The van der Waals surface area contributed by atoms with Crippen molar-refractivity contribution in [2.75, 3.05) is 0 Å². The first-order valence-electron chi connectivity index (χ1n) is 6.69. The van der Waals surface area contributed by atoms with Gasteiger partial charge in [-0.3, -0.25) is 0 Å². The van der Waals surface area contributed by atoms with E-state index < -0.39 is 0 Å². The first kappa shape index (κ1) is 10.8. The Labute approximate surface area is 103 Å². The van der Waals surface area contributed by atoms with Crippen molar-refractivity contribution in [2.24, 2.45) is 11.3 Å². The summed E-state index contributed by atoms with van der Waals surface area (Å²) in [5, 5.41) is 9.07. The molecular weight excluding hydrogens is 206 g/mol. The molecule has 1 nitrogen and oxygen atoms in total. The van der Waals surface area contributed by atoms with Crippen molar-refractivity contribution >= 4 is 0 Å². The van der Waals surface area contributed by atoms with Crippen LogP contribution in [0.4, 0.5) is 0 Å². The number of benzene rings is 1. The van der Waals surface area contributed by atoms with Crippen LogP contribution in [-0.4, -0.2) is 0 Å². The van der Waals surface area contributed by atoms with Crippen LogP contribution in [0.2, 0.25) is 0 Å². The molecule has 0 N–H and O–H groups in total. The molecule has 3 atom stereocenters. The summed E-state index contributed by atoms with van der Waals surface area (Å²) in [6, 6.07) is 11.3. The van der Waals surface area contributed by atoms with Crippen molar-refractivity contribution in [1.82, 2.24) is 0 Å². The Morgan fingerprint density at radius 2 is 2.24 bits per heavy atom. The smallest absolute Gasteiger partial charge is 0.0627 e. The zero-order chi connectivity index (χ0) is 11.9. The Balaban J connectivity index is 1.97. The van der Waals surface area contributed by atoms with E-state index in [0.717, 1.165) is 12.3 Å². The standard InChI is InChI=1S/C16H19N/c1-16(9-10-17)8-4-7-14-13-6-3-2-5-12(13)11-15(14)16/h2-3,5-6,14-15H,4,7-9,11H2,1H3. The topological polar surface area (TPSA) is 23.8 Å². The molecule has 0 saturated heterocycles. The Kier molecular flexibility index (Phi) is 2.47. The number of rotatable bonds is 1. The predicted molar refractivity (Wildman–Crippen MR) is 68.6 cm³/mol. The maximum absolute atomic E-state index is 9.07. The molecule has 1 aromatic rings. The molecule has 0 heterocycles. The van der Waals surface area contributed by atoms with Crippen molar-refractivity contribution in [3.63, 3.8) is 0 Å². The predicted octanol–water partition coefficient (Wildman–Crippen LogP) is 4.05. The zero-order valence-corrected chi connectivity index (χ0v) is 10.4. The maximum Gasteiger partial charge on any atom is 0.0627 e. The molecule has 17 heavy (non-hydrogen) atoms. The summed E-state index contributed by atoms with van der Waals surface area (Å²) in [5.41, 5.74) is 3.35. The van der Waals surface area contributed by atoms with E-state index in [1.165, 1.54) is 31.2 Å². The van der Waals surface area contributed by atoms with Crippen LogP contribution in [0, 0.1) is 22.7 Å². The summed E-state index contributed by atoms with van der Waals surface area (Å²) in [6.07, 6.45) is 5.76. The molecule has 0 aliphatic heterocycles. The third-order valence-corrected chi connectivity index (χ3v) is 5.02. The fraction of sp³-hybridized carbons (Fsp3) is 0.562. The van der Waals surface area contributed by atoms with Gasteiger partial charge in [-0.2, -0.15) is 5.26 Å². The number of fused-ring (bicyclic) bond motifs is 3. The van der Waals surface area contributed by atoms with Crippen molar-refractivity contribution in [3.8, 4) is 6.07 Å². The summed E-state index contributed by atoms with van der Waals surface area (Å²) in [5.74, 6) is 1.42. The van der Waals surface area contributed by atoms with Gasteiger partial charge in [0, 0.05) is 6.42 Å². The molecule has 0 spiro atoms. The fourth-order valence-corrected chi connectivity index (χ4v) is 4.08. The lowest BCUT2D eigenvalue weighted by atomic mass is 9.62. The van der Waals surface area contributed by atoms with Crippen molar-refractivity contribution in [3.05, 3.63) is 35.4 Å². The Hall–Kier alpha value is -1.29. The lowest BCUT2D eigenvalue weighted by Crippen LogP contribution is -2.34. The van der Waals surface area contributed by atoms with Crippen LogP contribution >= 0.6 is 0 Å². The van der Waals surface area contributed by atoms with Crippen LogP contribution in [0.3, 0.4) is 0 Å². The minimum absolute atomic E-state index is 0.247. The molecular formula is C16H19N. The van der Waals surface area contributed by atoms with Crippen LogP contribution < -0.4 is 0 Å². The first-order chi connectivity index (χ1) is 8.24.